The lowest BCUT2D eigenvalue weighted by atomic mass is 9.80. The third kappa shape index (κ3) is 5.16. The highest BCUT2D eigenvalue weighted by Gasteiger charge is 2.40. The minimum atomic E-state index is -1.18. The van der Waals surface area contributed by atoms with E-state index in [0.29, 0.717) is 5.92 Å². The van der Waals surface area contributed by atoms with Crippen molar-refractivity contribution in [3.05, 3.63) is 67.5 Å². The highest BCUT2D eigenvalue weighted by molar-refractivity contribution is 6.01. The normalized spacial score (nSPS) is 15.7. The molecule has 137 valence electrons. The minimum Gasteiger partial charge on any atom is -0.465 e. The molecule has 1 aliphatic rings. The van der Waals surface area contributed by atoms with Gasteiger partial charge in [0.2, 0.25) is 0 Å². The Hall–Kier alpha value is -2.17. The first-order chi connectivity index (χ1) is 12.6. The second-order valence-corrected chi connectivity index (χ2v) is 5.80. The van der Waals surface area contributed by atoms with E-state index in [4.69, 9.17) is 9.47 Å². The van der Waals surface area contributed by atoms with Gasteiger partial charge >= 0.3 is 11.9 Å². The molecule has 0 heterocycles. The summed E-state index contributed by atoms with van der Waals surface area (Å²) in [5.74, 6) is -2.77. The fourth-order valence-electron chi connectivity index (χ4n) is 2.89. The van der Waals surface area contributed by atoms with E-state index in [0.717, 1.165) is 5.56 Å². The number of carbonyl (C=O) groups excluding carboxylic acids is 3. The summed E-state index contributed by atoms with van der Waals surface area (Å²) in [5.41, 5.74) is 0.721. The van der Waals surface area contributed by atoms with Crippen LogP contribution in [0, 0.1) is 37.5 Å². The lowest BCUT2D eigenvalue weighted by molar-refractivity contribution is -0.162. The number of carbonyl (C=O) groups is 3. The molecule has 0 aliphatic heterocycles. The molecular formula is C21H23O5. The van der Waals surface area contributed by atoms with Gasteiger partial charge < -0.3 is 9.47 Å². The molecule has 0 spiro atoms. The number of rotatable bonds is 9. The quantitative estimate of drug-likeness (QED) is 0.503. The van der Waals surface area contributed by atoms with E-state index in [1.54, 1.807) is 51.7 Å². The van der Waals surface area contributed by atoms with E-state index in [9.17, 15) is 14.4 Å². The van der Waals surface area contributed by atoms with Gasteiger partial charge in [-0.1, -0.05) is 30.3 Å². The van der Waals surface area contributed by atoms with Gasteiger partial charge in [-0.05, 0) is 45.1 Å². The molecule has 0 N–H and O–H groups in total. The molecule has 1 unspecified atom stereocenters. The zero-order chi connectivity index (χ0) is 18.9. The fourth-order valence-corrected chi connectivity index (χ4v) is 2.89. The Labute approximate surface area is 155 Å². The van der Waals surface area contributed by atoms with E-state index in [-0.39, 0.29) is 25.4 Å². The van der Waals surface area contributed by atoms with Crippen LogP contribution in [0.3, 0.4) is 0 Å². The molecule has 1 saturated carbocycles. The Morgan fingerprint density at radius 3 is 1.92 bits per heavy atom. The molecule has 5 nitrogen and oxygen atoms in total. The summed E-state index contributed by atoms with van der Waals surface area (Å²) in [4.78, 5) is 37.7. The van der Waals surface area contributed by atoms with Crippen LogP contribution in [-0.2, 0) is 23.9 Å². The van der Waals surface area contributed by atoms with Gasteiger partial charge in [0.25, 0.3) is 0 Å². The monoisotopic (exact) mass is 355 g/mol. The summed E-state index contributed by atoms with van der Waals surface area (Å²) >= 11 is 0. The molecule has 1 aromatic rings. The number of hydrogen-bond acceptors (Lipinski definition) is 5. The van der Waals surface area contributed by atoms with Crippen molar-refractivity contribution in [1.29, 1.82) is 0 Å². The first-order valence-corrected chi connectivity index (χ1v) is 8.71. The van der Waals surface area contributed by atoms with Crippen molar-refractivity contribution in [3.8, 4) is 0 Å². The highest BCUT2D eigenvalue weighted by atomic mass is 16.6. The Morgan fingerprint density at radius 2 is 1.42 bits per heavy atom. The van der Waals surface area contributed by atoms with Crippen molar-refractivity contribution >= 4 is 17.7 Å². The number of hydrogen-bond donors (Lipinski definition) is 0. The van der Waals surface area contributed by atoms with E-state index in [2.05, 4.69) is 0 Å². The van der Waals surface area contributed by atoms with Gasteiger partial charge in [0.15, 0.2) is 5.92 Å². The number of Topliss-reactive ketones (excluding diaryl/α,β-unsaturated/α-hetero) is 1. The number of ether oxygens (including phenoxy) is 2. The van der Waals surface area contributed by atoms with E-state index in [1.807, 2.05) is 18.2 Å². The van der Waals surface area contributed by atoms with E-state index >= 15 is 0 Å². The molecular weight excluding hydrogens is 332 g/mol. The molecule has 0 aromatic heterocycles. The van der Waals surface area contributed by atoms with Crippen LogP contribution in [0.15, 0.2) is 30.3 Å². The summed E-state index contributed by atoms with van der Waals surface area (Å²) in [7, 11) is 0. The predicted molar refractivity (Wildman–Crippen MR) is 96.0 cm³/mol. The average molecular weight is 355 g/mol. The molecule has 26 heavy (non-hydrogen) atoms. The van der Waals surface area contributed by atoms with Crippen LogP contribution in [0.5, 0.6) is 0 Å². The largest absolute Gasteiger partial charge is 0.465 e. The zero-order valence-electron chi connectivity index (χ0n) is 15.0. The molecule has 0 bridgehead atoms. The van der Waals surface area contributed by atoms with Crippen LogP contribution >= 0.6 is 0 Å². The number of ketones is 1. The second kappa shape index (κ2) is 10.1. The molecule has 1 aromatic carbocycles. The molecule has 2 rings (SSSR count). The van der Waals surface area contributed by atoms with Crippen LogP contribution in [0.1, 0.15) is 31.7 Å². The van der Waals surface area contributed by atoms with Gasteiger partial charge in [-0.2, -0.15) is 0 Å². The summed E-state index contributed by atoms with van der Waals surface area (Å²) < 4.78 is 10.2. The van der Waals surface area contributed by atoms with Crippen molar-refractivity contribution in [2.75, 3.05) is 13.2 Å². The standard InChI is InChI=1S/C21H23O5/c1-3-25-20(23)19(21(24)26-4-2)17(15-10-6-5-7-11-15)14-18(22)16-12-8-9-13-16/h5-13,17,19H,3-4,14H2,1-2H3. The maximum atomic E-state index is 12.7. The molecule has 5 heteroatoms. The van der Waals surface area contributed by atoms with Crippen LogP contribution in [0.4, 0.5) is 0 Å². The molecule has 1 atom stereocenters. The van der Waals surface area contributed by atoms with E-state index < -0.39 is 23.8 Å². The zero-order valence-corrected chi connectivity index (χ0v) is 15.0. The first kappa shape index (κ1) is 20.1. The third-order valence-electron chi connectivity index (χ3n) is 4.10. The van der Waals surface area contributed by atoms with E-state index in [1.165, 1.54) is 0 Å². The summed E-state index contributed by atoms with van der Waals surface area (Å²) in [5, 5.41) is 0. The Morgan fingerprint density at radius 1 is 0.885 bits per heavy atom. The maximum Gasteiger partial charge on any atom is 0.320 e. The Bertz CT molecular complexity index is 586. The van der Waals surface area contributed by atoms with Gasteiger partial charge in [0, 0.05) is 18.3 Å². The minimum absolute atomic E-state index is 0.0102. The second-order valence-electron chi connectivity index (χ2n) is 5.80. The van der Waals surface area contributed by atoms with Crippen LogP contribution < -0.4 is 0 Å². The SMILES string of the molecule is CCOC(=O)C(C(=O)OCC)C(CC(=O)[C]1[CH][CH][CH][CH]1)c1ccccc1. The third-order valence-corrected chi connectivity index (χ3v) is 4.10. The lowest BCUT2D eigenvalue weighted by Gasteiger charge is -2.25. The van der Waals surface area contributed by atoms with Crippen LogP contribution in [0.25, 0.3) is 0 Å². The lowest BCUT2D eigenvalue weighted by Crippen LogP contribution is -2.35. The Balaban J connectivity index is 2.32. The maximum absolute atomic E-state index is 12.7. The summed E-state index contributed by atoms with van der Waals surface area (Å²) in [6, 6.07) is 9.05. The highest BCUT2D eigenvalue weighted by Crippen LogP contribution is 2.34. The van der Waals surface area contributed by atoms with Crippen LogP contribution in [0.2, 0.25) is 0 Å². The number of benzene rings is 1. The first-order valence-electron chi connectivity index (χ1n) is 8.71. The topological polar surface area (TPSA) is 69.7 Å². The fraction of sp³-hybridized carbons (Fsp3) is 0.333. The summed E-state index contributed by atoms with van der Waals surface area (Å²) in [6.07, 6.45) is 7.00. The molecule has 1 fully saturated rings. The molecule has 0 saturated heterocycles. The molecule has 0 amide bonds. The average Bonchev–Trinajstić information content (AvgIpc) is 3.17. The van der Waals surface area contributed by atoms with Gasteiger partial charge in [0.05, 0.1) is 13.2 Å². The van der Waals surface area contributed by atoms with Crippen LogP contribution in [-0.4, -0.2) is 30.9 Å². The number of esters is 2. The van der Waals surface area contributed by atoms with Crippen molar-refractivity contribution < 1.29 is 23.9 Å². The molecule has 1 aliphatic carbocycles. The van der Waals surface area contributed by atoms with Crippen molar-refractivity contribution in [2.45, 2.75) is 26.2 Å². The predicted octanol–water partition coefficient (Wildman–Crippen LogP) is 2.88. The smallest absolute Gasteiger partial charge is 0.320 e. The summed E-state index contributed by atoms with van der Waals surface area (Å²) in [6.45, 7) is 3.64. The van der Waals surface area contributed by atoms with Crippen molar-refractivity contribution in [2.24, 2.45) is 5.92 Å². The van der Waals surface area contributed by atoms with Gasteiger partial charge in [-0.3, -0.25) is 14.4 Å². The van der Waals surface area contributed by atoms with Gasteiger partial charge in [-0.15, -0.1) is 0 Å². The van der Waals surface area contributed by atoms with Gasteiger partial charge in [0.1, 0.15) is 5.78 Å². The Kier molecular flexibility index (Phi) is 7.82. The van der Waals surface area contributed by atoms with Crippen molar-refractivity contribution in [3.63, 3.8) is 0 Å². The molecule has 5 radical (unpaired) electrons. The van der Waals surface area contributed by atoms with Crippen molar-refractivity contribution in [1.82, 2.24) is 0 Å². The van der Waals surface area contributed by atoms with Gasteiger partial charge in [-0.25, -0.2) is 0 Å².